The fraction of sp³-hybridized carbons (Fsp3) is 0.586. The lowest BCUT2D eigenvalue weighted by molar-refractivity contribution is -0.145. The Morgan fingerprint density at radius 3 is 2.73 bits per heavy atom. The number of nitrogens with one attached hydrogen (secondary N) is 2. The highest BCUT2D eigenvalue weighted by Crippen LogP contribution is 2.45. The van der Waals surface area contributed by atoms with Crippen LogP contribution in [-0.2, 0) is 19.1 Å². The number of aromatic nitrogens is 5. The first-order valence-corrected chi connectivity index (χ1v) is 15.6. The smallest absolute Gasteiger partial charge is 0.408 e. The molecule has 236 valence electrons. The lowest BCUT2D eigenvalue weighted by atomic mass is 10.0. The van der Waals surface area contributed by atoms with Gasteiger partial charge in [0.15, 0.2) is 0 Å². The SMILES string of the molecule is CC(C)(C)OC(=O)N[C@H]1CCCCCC=C[C@@H]2C[C@@]2(C(=O)O)NC(=O)[C@@H]2C[C@@H](n3nnc(-c4cncc(Br)c4)n3)CN2C1=O. The summed E-state index contributed by atoms with van der Waals surface area (Å²) in [5.41, 5.74) is -1.57. The molecule has 0 aromatic carbocycles. The number of rotatable bonds is 4. The number of aliphatic carboxylic acids is 1. The number of pyridine rings is 1. The van der Waals surface area contributed by atoms with Crippen molar-refractivity contribution < 1.29 is 29.0 Å². The second kappa shape index (κ2) is 12.6. The summed E-state index contributed by atoms with van der Waals surface area (Å²) in [5.74, 6) is -2.18. The molecule has 0 radical (unpaired) electrons. The van der Waals surface area contributed by atoms with Gasteiger partial charge in [-0.25, -0.2) is 9.59 Å². The minimum Gasteiger partial charge on any atom is -0.479 e. The number of allylic oxidation sites excluding steroid dienone is 1. The third-order valence-electron chi connectivity index (χ3n) is 8.05. The van der Waals surface area contributed by atoms with Crippen molar-refractivity contribution >= 4 is 39.8 Å². The average Bonchev–Trinajstić information content (AvgIpc) is 3.27. The number of carboxylic acids is 1. The van der Waals surface area contributed by atoms with E-state index in [2.05, 4.69) is 47.0 Å². The quantitative estimate of drug-likeness (QED) is 0.408. The summed E-state index contributed by atoms with van der Waals surface area (Å²) < 4.78 is 6.17. The highest BCUT2D eigenvalue weighted by atomic mass is 79.9. The molecule has 15 heteroatoms. The molecule has 2 aliphatic heterocycles. The van der Waals surface area contributed by atoms with Crippen LogP contribution in [0, 0.1) is 5.92 Å². The van der Waals surface area contributed by atoms with Crippen molar-refractivity contribution in [3.63, 3.8) is 0 Å². The molecule has 3 amide bonds. The first-order chi connectivity index (χ1) is 20.9. The molecule has 5 atom stereocenters. The van der Waals surface area contributed by atoms with Gasteiger partial charge in [-0.15, -0.1) is 10.2 Å². The molecule has 5 rings (SSSR count). The van der Waals surface area contributed by atoms with Crippen LogP contribution in [0.1, 0.15) is 71.8 Å². The van der Waals surface area contributed by atoms with E-state index >= 15 is 0 Å². The molecule has 1 aliphatic carbocycles. The van der Waals surface area contributed by atoms with E-state index in [9.17, 15) is 24.3 Å². The van der Waals surface area contributed by atoms with Crippen molar-refractivity contribution in [2.45, 2.75) is 95.0 Å². The Labute approximate surface area is 263 Å². The predicted octanol–water partition coefficient (Wildman–Crippen LogP) is 3.01. The number of fused-ring (bicyclic) bond motifs is 2. The number of tetrazole rings is 1. The summed E-state index contributed by atoms with van der Waals surface area (Å²) in [7, 11) is 0. The number of halogens is 1. The highest BCUT2D eigenvalue weighted by molar-refractivity contribution is 9.10. The number of carbonyl (C=O) groups is 4. The van der Waals surface area contributed by atoms with E-state index in [1.807, 2.05) is 12.2 Å². The first kappa shape index (κ1) is 31.5. The Morgan fingerprint density at radius 1 is 1.20 bits per heavy atom. The molecule has 0 unspecified atom stereocenters. The highest BCUT2D eigenvalue weighted by Gasteiger charge is 2.61. The normalized spacial score (nSPS) is 27.8. The maximum Gasteiger partial charge on any atom is 0.408 e. The molecule has 0 spiro atoms. The number of hydrogen-bond acceptors (Lipinski definition) is 9. The summed E-state index contributed by atoms with van der Waals surface area (Å²) in [6.07, 6.45) is 10.1. The topological polar surface area (TPSA) is 182 Å². The fourth-order valence-corrected chi connectivity index (χ4v) is 6.09. The summed E-state index contributed by atoms with van der Waals surface area (Å²) in [6, 6.07) is -0.714. The van der Waals surface area contributed by atoms with E-state index in [-0.39, 0.29) is 25.3 Å². The molecule has 3 aliphatic rings. The Hall–Kier alpha value is -3.88. The van der Waals surface area contributed by atoms with E-state index in [0.29, 0.717) is 24.2 Å². The summed E-state index contributed by atoms with van der Waals surface area (Å²) in [4.78, 5) is 59.9. The van der Waals surface area contributed by atoms with Crippen LogP contribution in [0.3, 0.4) is 0 Å². The van der Waals surface area contributed by atoms with Gasteiger partial charge in [0, 0.05) is 41.3 Å². The predicted molar refractivity (Wildman–Crippen MR) is 160 cm³/mol. The monoisotopic (exact) mass is 672 g/mol. The summed E-state index contributed by atoms with van der Waals surface area (Å²) in [5, 5.41) is 28.4. The second-order valence-corrected chi connectivity index (χ2v) is 13.5. The number of carbonyl (C=O) groups excluding carboxylic acids is 3. The van der Waals surface area contributed by atoms with Crippen molar-refractivity contribution in [3.8, 4) is 11.4 Å². The number of ether oxygens (including phenoxy) is 1. The van der Waals surface area contributed by atoms with Gasteiger partial charge >= 0.3 is 12.1 Å². The number of amides is 3. The van der Waals surface area contributed by atoms with Gasteiger partial charge in [-0.05, 0) is 73.7 Å². The van der Waals surface area contributed by atoms with E-state index in [4.69, 9.17) is 4.74 Å². The van der Waals surface area contributed by atoms with Crippen molar-refractivity contribution in [1.82, 2.24) is 40.7 Å². The van der Waals surface area contributed by atoms with Gasteiger partial charge in [0.05, 0.1) is 6.04 Å². The van der Waals surface area contributed by atoms with Crippen LogP contribution in [-0.4, -0.2) is 88.8 Å². The fourth-order valence-electron chi connectivity index (χ4n) is 5.72. The van der Waals surface area contributed by atoms with Crippen molar-refractivity contribution in [3.05, 3.63) is 35.1 Å². The van der Waals surface area contributed by atoms with Gasteiger partial charge in [0.25, 0.3) is 0 Å². The van der Waals surface area contributed by atoms with Gasteiger partial charge < -0.3 is 25.4 Å². The second-order valence-electron chi connectivity index (χ2n) is 12.6. The molecule has 3 N–H and O–H groups in total. The largest absolute Gasteiger partial charge is 0.479 e. The van der Waals surface area contributed by atoms with E-state index < -0.39 is 53.1 Å². The standard InChI is InChI=1S/C29H37BrN8O6/c1-28(2,3)44-27(43)32-21-10-8-6-4-5-7-9-18-13-29(18,26(41)42)33-24(39)22-12-20(16-37(22)25(21)40)38-35-23(34-36-38)17-11-19(30)15-31-14-17/h7,9,11,14-15,18,20-22H,4-6,8,10,12-13,16H2,1-3H3,(H,32,43)(H,33,39)(H,41,42)/t18-,20-,21+,22+,29-/m1/s1. The number of hydrogen-bond donors (Lipinski definition) is 3. The van der Waals surface area contributed by atoms with E-state index in [1.165, 1.54) is 9.70 Å². The zero-order chi connectivity index (χ0) is 31.6. The zero-order valence-corrected chi connectivity index (χ0v) is 26.5. The molecule has 2 fully saturated rings. The summed E-state index contributed by atoms with van der Waals surface area (Å²) >= 11 is 3.38. The average molecular weight is 674 g/mol. The Morgan fingerprint density at radius 2 is 2.00 bits per heavy atom. The van der Waals surface area contributed by atoms with Gasteiger partial charge in [-0.3, -0.25) is 14.6 Å². The van der Waals surface area contributed by atoms with E-state index in [0.717, 1.165) is 23.7 Å². The van der Waals surface area contributed by atoms with Crippen LogP contribution >= 0.6 is 15.9 Å². The molecule has 1 saturated carbocycles. The van der Waals surface area contributed by atoms with Crippen LogP contribution in [0.5, 0.6) is 0 Å². The van der Waals surface area contributed by atoms with Gasteiger partial charge in [-0.1, -0.05) is 25.0 Å². The molecule has 1 saturated heterocycles. The Kier molecular flexibility index (Phi) is 9.05. The number of carboxylic acid groups (broad SMARTS) is 1. The van der Waals surface area contributed by atoms with Crippen LogP contribution in [0.2, 0.25) is 0 Å². The third kappa shape index (κ3) is 7.08. The number of nitrogens with zero attached hydrogens (tertiary/aromatic N) is 6. The van der Waals surface area contributed by atoms with Crippen molar-refractivity contribution in [2.75, 3.05) is 6.54 Å². The van der Waals surface area contributed by atoms with Gasteiger partial charge in [0.1, 0.15) is 23.2 Å². The molecular formula is C29H37BrN8O6. The summed E-state index contributed by atoms with van der Waals surface area (Å²) in [6.45, 7) is 5.25. The Bertz CT molecular complexity index is 1460. The minimum atomic E-state index is -1.43. The zero-order valence-electron chi connectivity index (χ0n) is 24.9. The molecule has 4 heterocycles. The number of alkyl carbamates (subject to hydrolysis) is 1. The maximum atomic E-state index is 14.1. The lowest BCUT2D eigenvalue weighted by Crippen LogP contribution is -2.56. The molecule has 0 bridgehead atoms. The van der Waals surface area contributed by atoms with Crippen molar-refractivity contribution in [2.24, 2.45) is 5.92 Å². The van der Waals surface area contributed by atoms with Gasteiger partial charge in [-0.2, -0.15) is 4.80 Å². The van der Waals surface area contributed by atoms with Crippen LogP contribution in [0.15, 0.2) is 35.1 Å². The van der Waals surface area contributed by atoms with Crippen molar-refractivity contribution in [1.29, 1.82) is 0 Å². The lowest BCUT2D eigenvalue weighted by Gasteiger charge is -2.30. The molecular weight excluding hydrogens is 636 g/mol. The molecule has 44 heavy (non-hydrogen) atoms. The van der Waals surface area contributed by atoms with Gasteiger partial charge in [0.2, 0.25) is 17.6 Å². The maximum absolute atomic E-state index is 14.1. The molecule has 2 aromatic rings. The van der Waals surface area contributed by atoms with Crippen LogP contribution < -0.4 is 10.6 Å². The first-order valence-electron chi connectivity index (χ1n) is 14.8. The molecule has 14 nitrogen and oxygen atoms in total. The van der Waals surface area contributed by atoms with E-state index in [1.54, 1.807) is 39.2 Å². The Balaban J connectivity index is 1.44. The van der Waals surface area contributed by atoms with Crippen LogP contribution in [0.25, 0.3) is 11.4 Å². The minimum absolute atomic E-state index is 0.0549. The van der Waals surface area contributed by atoms with Crippen LogP contribution in [0.4, 0.5) is 4.79 Å². The third-order valence-corrected chi connectivity index (χ3v) is 8.48. The molecule has 2 aromatic heterocycles.